The lowest BCUT2D eigenvalue weighted by molar-refractivity contribution is 0.0828. The molecule has 0 aromatic heterocycles. The first-order valence-electron chi connectivity index (χ1n) is 9.42. The van der Waals surface area contributed by atoms with E-state index in [1.165, 1.54) is 36.0 Å². The molecule has 0 aliphatic heterocycles. The summed E-state index contributed by atoms with van der Waals surface area (Å²) < 4.78 is 0. The van der Waals surface area contributed by atoms with E-state index in [-0.39, 0.29) is 11.3 Å². The largest absolute Gasteiger partial charge is 0.345 e. The summed E-state index contributed by atoms with van der Waals surface area (Å²) in [7, 11) is 3.56. The zero-order valence-corrected chi connectivity index (χ0v) is 16.6. The average Bonchev–Trinajstić information content (AvgIpc) is 2.59. The summed E-state index contributed by atoms with van der Waals surface area (Å²) in [4.78, 5) is 13.7. The molecule has 0 saturated carbocycles. The second kappa shape index (κ2) is 7.11. The SMILES string of the molecule is CC1=C(C=Cc2ccc3cc(C(=O)N(C)C)ccc3c2)C(C)(C)CCC1. The van der Waals surface area contributed by atoms with Crippen LogP contribution in [-0.2, 0) is 0 Å². The molecule has 2 nitrogen and oxygen atoms in total. The first-order valence-corrected chi connectivity index (χ1v) is 9.42. The third-order valence-corrected chi connectivity index (χ3v) is 5.50. The Kier molecular flexibility index (Phi) is 5.04. The van der Waals surface area contributed by atoms with E-state index >= 15 is 0 Å². The summed E-state index contributed by atoms with van der Waals surface area (Å²) >= 11 is 0. The predicted molar refractivity (Wildman–Crippen MR) is 111 cm³/mol. The molecule has 0 radical (unpaired) electrons. The Morgan fingerprint density at radius 3 is 2.42 bits per heavy atom. The topological polar surface area (TPSA) is 20.3 Å². The molecule has 2 aromatic carbocycles. The second-order valence-electron chi connectivity index (χ2n) is 8.29. The van der Waals surface area contributed by atoms with Crippen molar-refractivity contribution in [1.82, 2.24) is 4.90 Å². The van der Waals surface area contributed by atoms with Crippen molar-refractivity contribution in [2.24, 2.45) is 5.41 Å². The molecule has 0 N–H and O–H groups in total. The highest BCUT2D eigenvalue weighted by atomic mass is 16.2. The molecule has 1 aliphatic carbocycles. The molecule has 0 atom stereocenters. The van der Waals surface area contributed by atoms with Crippen LogP contribution < -0.4 is 0 Å². The molecule has 2 heteroatoms. The van der Waals surface area contributed by atoms with Crippen molar-refractivity contribution < 1.29 is 4.79 Å². The number of carbonyl (C=O) groups is 1. The Hall–Kier alpha value is -2.35. The quantitative estimate of drug-likeness (QED) is 0.659. The van der Waals surface area contributed by atoms with E-state index in [2.05, 4.69) is 51.1 Å². The van der Waals surface area contributed by atoms with Crippen molar-refractivity contribution in [1.29, 1.82) is 0 Å². The maximum absolute atomic E-state index is 12.1. The van der Waals surface area contributed by atoms with Gasteiger partial charge in [0.2, 0.25) is 0 Å². The number of rotatable bonds is 3. The van der Waals surface area contributed by atoms with E-state index in [1.54, 1.807) is 19.0 Å². The van der Waals surface area contributed by atoms with Crippen LogP contribution in [-0.4, -0.2) is 24.9 Å². The molecular weight excluding hydrogens is 318 g/mol. The molecule has 0 heterocycles. The van der Waals surface area contributed by atoms with Gasteiger partial charge in [0.05, 0.1) is 0 Å². The average molecular weight is 348 g/mol. The van der Waals surface area contributed by atoms with Gasteiger partial charge in [0.1, 0.15) is 0 Å². The first-order chi connectivity index (χ1) is 12.3. The molecular formula is C24H29NO. The van der Waals surface area contributed by atoms with Crippen molar-refractivity contribution >= 4 is 22.8 Å². The Bertz CT molecular complexity index is 900. The van der Waals surface area contributed by atoms with E-state index in [0.717, 1.165) is 16.3 Å². The van der Waals surface area contributed by atoms with E-state index in [4.69, 9.17) is 0 Å². The van der Waals surface area contributed by atoms with Crippen LogP contribution in [0, 0.1) is 5.41 Å². The third-order valence-electron chi connectivity index (χ3n) is 5.50. The summed E-state index contributed by atoms with van der Waals surface area (Å²) in [6, 6.07) is 12.4. The highest BCUT2D eigenvalue weighted by molar-refractivity contribution is 5.98. The number of benzene rings is 2. The van der Waals surface area contributed by atoms with Gasteiger partial charge in [-0.15, -0.1) is 0 Å². The molecule has 1 aliphatic rings. The fraction of sp³-hybridized carbons (Fsp3) is 0.375. The molecule has 0 unspecified atom stereocenters. The normalized spacial score (nSPS) is 17.1. The van der Waals surface area contributed by atoms with Crippen LogP contribution in [0.5, 0.6) is 0 Å². The van der Waals surface area contributed by atoms with Crippen LogP contribution in [0.3, 0.4) is 0 Å². The maximum Gasteiger partial charge on any atom is 0.253 e. The number of carbonyl (C=O) groups excluding carboxylic acids is 1. The molecule has 0 saturated heterocycles. The van der Waals surface area contributed by atoms with Gasteiger partial charge in [-0.05, 0) is 71.7 Å². The number of fused-ring (bicyclic) bond motifs is 1. The fourth-order valence-corrected chi connectivity index (χ4v) is 3.95. The smallest absolute Gasteiger partial charge is 0.253 e. The van der Waals surface area contributed by atoms with E-state index in [0.29, 0.717) is 0 Å². The number of hydrogen-bond acceptors (Lipinski definition) is 1. The zero-order valence-electron chi connectivity index (χ0n) is 16.6. The molecule has 2 aromatic rings. The van der Waals surface area contributed by atoms with Gasteiger partial charge in [0.15, 0.2) is 0 Å². The van der Waals surface area contributed by atoms with E-state index in [9.17, 15) is 4.79 Å². The van der Waals surface area contributed by atoms with E-state index < -0.39 is 0 Å². The molecule has 1 amide bonds. The first kappa shape index (κ1) is 18.4. The Balaban J connectivity index is 1.90. The van der Waals surface area contributed by atoms with Gasteiger partial charge in [0, 0.05) is 19.7 Å². The summed E-state index contributed by atoms with van der Waals surface area (Å²) in [5.74, 6) is 0.0396. The van der Waals surface area contributed by atoms with Gasteiger partial charge in [-0.25, -0.2) is 0 Å². The minimum absolute atomic E-state index is 0.0396. The van der Waals surface area contributed by atoms with Crippen LogP contribution in [0.4, 0.5) is 0 Å². The van der Waals surface area contributed by atoms with Gasteiger partial charge in [-0.1, -0.05) is 49.8 Å². The number of hydrogen-bond donors (Lipinski definition) is 0. The minimum atomic E-state index is 0.0396. The summed E-state index contributed by atoms with van der Waals surface area (Å²) in [5.41, 5.74) is 5.19. The maximum atomic E-state index is 12.1. The lowest BCUT2D eigenvalue weighted by atomic mass is 9.72. The molecule has 0 spiro atoms. The predicted octanol–water partition coefficient (Wildman–Crippen LogP) is 6.08. The lowest BCUT2D eigenvalue weighted by Gasteiger charge is -2.32. The Morgan fingerprint density at radius 1 is 1.04 bits per heavy atom. The van der Waals surface area contributed by atoms with Gasteiger partial charge >= 0.3 is 0 Å². The van der Waals surface area contributed by atoms with Gasteiger partial charge < -0.3 is 4.90 Å². The highest BCUT2D eigenvalue weighted by Crippen LogP contribution is 2.41. The van der Waals surface area contributed by atoms with Crippen molar-refractivity contribution in [3.05, 3.63) is 64.7 Å². The van der Waals surface area contributed by atoms with Crippen LogP contribution in [0.25, 0.3) is 16.8 Å². The van der Waals surface area contributed by atoms with Crippen LogP contribution in [0.1, 0.15) is 56.0 Å². The number of nitrogens with zero attached hydrogens (tertiary/aromatic N) is 1. The fourth-order valence-electron chi connectivity index (χ4n) is 3.95. The van der Waals surface area contributed by atoms with Crippen molar-refractivity contribution in [3.63, 3.8) is 0 Å². The van der Waals surface area contributed by atoms with Crippen molar-refractivity contribution in [2.75, 3.05) is 14.1 Å². The van der Waals surface area contributed by atoms with Crippen LogP contribution in [0.2, 0.25) is 0 Å². The highest BCUT2D eigenvalue weighted by Gasteiger charge is 2.26. The summed E-state index contributed by atoms with van der Waals surface area (Å²) in [5, 5.41) is 2.26. The zero-order chi connectivity index (χ0) is 18.9. The van der Waals surface area contributed by atoms with Crippen molar-refractivity contribution in [2.45, 2.75) is 40.0 Å². The Labute approximate surface area is 157 Å². The summed E-state index contributed by atoms with van der Waals surface area (Å²) in [6.45, 7) is 6.96. The minimum Gasteiger partial charge on any atom is -0.345 e. The third kappa shape index (κ3) is 3.75. The monoisotopic (exact) mass is 347 g/mol. The van der Waals surface area contributed by atoms with Gasteiger partial charge in [-0.3, -0.25) is 4.79 Å². The second-order valence-corrected chi connectivity index (χ2v) is 8.29. The van der Waals surface area contributed by atoms with Crippen molar-refractivity contribution in [3.8, 4) is 0 Å². The molecule has 136 valence electrons. The number of amides is 1. The molecule has 3 rings (SSSR count). The van der Waals surface area contributed by atoms with Gasteiger partial charge in [0.25, 0.3) is 5.91 Å². The molecule has 0 fully saturated rings. The standard InChI is InChI=1S/C24H29NO/c1-17-7-6-14-24(2,3)22(17)13-9-18-8-10-20-16-21(23(26)25(4)5)12-11-19(20)15-18/h8-13,15-16H,6-7,14H2,1-5H3. The number of allylic oxidation sites excluding steroid dienone is 3. The molecule has 26 heavy (non-hydrogen) atoms. The van der Waals surface area contributed by atoms with E-state index in [1.807, 2.05) is 18.2 Å². The molecule has 0 bridgehead atoms. The lowest BCUT2D eigenvalue weighted by Crippen LogP contribution is -2.21. The van der Waals surface area contributed by atoms with Crippen LogP contribution >= 0.6 is 0 Å². The van der Waals surface area contributed by atoms with Crippen LogP contribution in [0.15, 0.2) is 53.6 Å². The Morgan fingerprint density at radius 2 is 1.73 bits per heavy atom. The summed E-state index contributed by atoms with van der Waals surface area (Å²) in [6.07, 6.45) is 8.29. The van der Waals surface area contributed by atoms with Gasteiger partial charge in [-0.2, -0.15) is 0 Å².